The fourth-order valence-corrected chi connectivity index (χ4v) is 4.02. The Balaban J connectivity index is 2.22. The maximum atomic E-state index is 12.7. The summed E-state index contributed by atoms with van der Waals surface area (Å²) in [6.07, 6.45) is 0. The van der Waals surface area contributed by atoms with Crippen molar-refractivity contribution >= 4 is 36.7 Å². The minimum Gasteiger partial charge on any atom is -0.199 e. The molecule has 4 nitrogen and oxygen atoms in total. The van der Waals surface area contributed by atoms with Gasteiger partial charge in [-0.25, -0.2) is 0 Å². The van der Waals surface area contributed by atoms with Gasteiger partial charge in [-0.2, -0.15) is 17.6 Å². The van der Waals surface area contributed by atoms with Crippen molar-refractivity contribution in [3.63, 3.8) is 0 Å². The molecule has 0 aliphatic heterocycles. The number of nitrogens with zero attached hydrogens (tertiary/aromatic N) is 2. The molecule has 21 heavy (non-hydrogen) atoms. The van der Waals surface area contributed by atoms with E-state index in [2.05, 4.69) is 21.0 Å². The molecule has 0 aliphatic rings. The van der Waals surface area contributed by atoms with Gasteiger partial charge in [0, 0.05) is 0 Å². The Morgan fingerprint density at radius 3 is 2.33 bits per heavy atom. The van der Waals surface area contributed by atoms with E-state index < -0.39 is 10.0 Å². The molecule has 0 saturated heterocycles. The monoisotopic (exact) mass is 364 g/mol. The van der Waals surface area contributed by atoms with Crippen LogP contribution in [0.5, 0.6) is 0 Å². The van der Waals surface area contributed by atoms with Gasteiger partial charge in [0.15, 0.2) is 0 Å². The van der Waals surface area contributed by atoms with Crippen LogP contribution in [0.15, 0.2) is 51.8 Å². The Morgan fingerprint density at radius 2 is 1.71 bits per heavy atom. The summed E-state index contributed by atoms with van der Waals surface area (Å²) in [7, 11) is -3.69. The molecule has 0 amide bonds. The molecule has 0 spiro atoms. The summed E-state index contributed by atoms with van der Waals surface area (Å²) in [6, 6.07) is 12.8. The van der Waals surface area contributed by atoms with Gasteiger partial charge in [0.05, 0.1) is 20.8 Å². The number of aromatic nitrogens is 2. The molecule has 1 aromatic heterocycles. The van der Waals surface area contributed by atoms with Crippen molar-refractivity contribution in [1.82, 2.24) is 9.19 Å². The van der Waals surface area contributed by atoms with Gasteiger partial charge in [-0.1, -0.05) is 30.3 Å². The Hall–Kier alpha value is -1.66. The van der Waals surface area contributed by atoms with Gasteiger partial charge in [-0.15, -0.1) is 0 Å². The van der Waals surface area contributed by atoms with Gasteiger partial charge in [0.1, 0.15) is 0 Å². The molecule has 108 valence electrons. The highest BCUT2D eigenvalue weighted by molar-refractivity contribution is 9.10. The van der Waals surface area contributed by atoms with Crippen LogP contribution in [0, 0.1) is 13.8 Å². The van der Waals surface area contributed by atoms with Crippen LogP contribution < -0.4 is 0 Å². The maximum absolute atomic E-state index is 12.7. The van der Waals surface area contributed by atoms with Gasteiger partial charge < -0.3 is 0 Å². The van der Waals surface area contributed by atoms with Crippen LogP contribution in [0.25, 0.3) is 10.8 Å². The van der Waals surface area contributed by atoms with Crippen LogP contribution in [0.2, 0.25) is 0 Å². The first-order valence-corrected chi connectivity index (χ1v) is 8.60. The molecule has 0 radical (unpaired) electrons. The van der Waals surface area contributed by atoms with Gasteiger partial charge in [-0.05, 0) is 52.7 Å². The Bertz CT molecular complexity index is 945. The van der Waals surface area contributed by atoms with E-state index in [1.54, 1.807) is 26.0 Å². The Labute approximate surface area is 131 Å². The summed E-state index contributed by atoms with van der Waals surface area (Å²) in [5, 5.41) is 6.01. The second-order valence-electron chi connectivity index (χ2n) is 4.84. The minimum absolute atomic E-state index is 0.235. The molecule has 0 fully saturated rings. The van der Waals surface area contributed by atoms with Crippen LogP contribution >= 0.6 is 15.9 Å². The zero-order chi connectivity index (χ0) is 15.2. The van der Waals surface area contributed by atoms with Gasteiger partial charge in [0.2, 0.25) is 0 Å². The number of halogens is 1. The number of aryl methyl sites for hydroxylation is 1. The molecule has 0 saturated carbocycles. The summed E-state index contributed by atoms with van der Waals surface area (Å²) in [4.78, 5) is 0.235. The summed E-state index contributed by atoms with van der Waals surface area (Å²) in [5.74, 6) is 0. The number of hydrogen-bond acceptors (Lipinski definition) is 3. The second-order valence-corrected chi connectivity index (χ2v) is 7.40. The summed E-state index contributed by atoms with van der Waals surface area (Å²) in [5.41, 5.74) is 1.22. The molecule has 0 bridgehead atoms. The normalized spacial score (nSPS) is 12.0. The molecule has 3 aromatic rings. The molecular formula is C15H13BrN2O2S. The highest BCUT2D eigenvalue weighted by atomic mass is 79.9. The molecule has 0 atom stereocenters. The van der Waals surface area contributed by atoms with Gasteiger partial charge >= 0.3 is 0 Å². The molecule has 2 aromatic carbocycles. The topological polar surface area (TPSA) is 52.0 Å². The zero-order valence-electron chi connectivity index (χ0n) is 11.5. The SMILES string of the molecule is Cc1nn(S(=O)(=O)c2ccc3ccccc3c2)c(C)c1Br. The van der Waals surface area contributed by atoms with Crippen molar-refractivity contribution in [3.8, 4) is 0 Å². The lowest BCUT2D eigenvalue weighted by Gasteiger charge is -2.07. The van der Waals surface area contributed by atoms with E-state index in [1.807, 2.05) is 30.3 Å². The Morgan fingerprint density at radius 1 is 1.05 bits per heavy atom. The van der Waals surface area contributed by atoms with Crippen molar-refractivity contribution in [2.45, 2.75) is 18.7 Å². The predicted octanol–water partition coefficient (Wildman–Crippen LogP) is 3.65. The molecular weight excluding hydrogens is 352 g/mol. The predicted molar refractivity (Wildman–Crippen MR) is 85.9 cm³/mol. The van der Waals surface area contributed by atoms with Crippen LogP contribution in [-0.2, 0) is 10.0 Å². The van der Waals surface area contributed by atoms with E-state index in [0.29, 0.717) is 15.9 Å². The van der Waals surface area contributed by atoms with E-state index in [1.165, 1.54) is 0 Å². The molecule has 3 rings (SSSR count). The van der Waals surface area contributed by atoms with Gasteiger partial charge in [-0.3, -0.25) is 0 Å². The van der Waals surface area contributed by atoms with E-state index in [9.17, 15) is 8.42 Å². The smallest absolute Gasteiger partial charge is 0.199 e. The average molecular weight is 365 g/mol. The fraction of sp³-hybridized carbons (Fsp3) is 0.133. The first-order valence-electron chi connectivity index (χ1n) is 6.37. The van der Waals surface area contributed by atoms with Crippen LogP contribution in [-0.4, -0.2) is 17.6 Å². The van der Waals surface area contributed by atoms with Crippen molar-refractivity contribution in [2.24, 2.45) is 0 Å². The highest BCUT2D eigenvalue weighted by Crippen LogP contribution is 2.25. The molecule has 0 aliphatic carbocycles. The Kier molecular flexibility index (Phi) is 3.37. The lowest BCUT2D eigenvalue weighted by molar-refractivity contribution is 0.578. The number of hydrogen-bond donors (Lipinski definition) is 0. The minimum atomic E-state index is -3.69. The van der Waals surface area contributed by atoms with Crippen molar-refractivity contribution < 1.29 is 8.42 Å². The first kappa shape index (κ1) is 14.3. The van der Waals surface area contributed by atoms with Crippen LogP contribution in [0.1, 0.15) is 11.4 Å². The molecule has 1 heterocycles. The van der Waals surface area contributed by atoms with Crippen LogP contribution in [0.3, 0.4) is 0 Å². The summed E-state index contributed by atoms with van der Waals surface area (Å²) in [6.45, 7) is 3.49. The maximum Gasteiger partial charge on any atom is 0.283 e. The highest BCUT2D eigenvalue weighted by Gasteiger charge is 2.22. The molecule has 6 heteroatoms. The zero-order valence-corrected chi connectivity index (χ0v) is 13.9. The first-order chi connectivity index (χ1) is 9.91. The molecule has 0 unspecified atom stereocenters. The third-order valence-corrected chi connectivity index (χ3v) is 6.22. The fourth-order valence-electron chi connectivity index (χ4n) is 2.26. The second kappa shape index (κ2) is 4.96. The van der Waals surface area contributed by atoms with Crippen molar-refractivity contribution in [3.05, 3.63) is 58.3 Å². The third-order valence-electron chi connectivity index (χ3n) is 3.41. The van der Waals surface area contributed by atoms with E-state index in [4.69, 9.17) is 0 Å². The van der Waals surface area contributed by atoms with E-state index >= 15 is 0 Å². The number of benzene rings is 2. The van der Waals surface area contributed by atoms with Crippen molar-refractivity contribution in [1.29, 1.82) is 0 Å². The number of fused-ring (bicyclic) bond motifs is 1. The summed E-state index contributed by atoms with van der Waals surface area (Å²) >= 11 is 3.36. The van der Waals surface area contributed by atoms with E-state index in [-0.39, 0.29) is 4.90 Å². The number of rotatable bonds is 2. The molecule has 0 N–H and O–H groups in total. The van der Waals surface area contributed by atoms with Gasteiger partial charge in [0.25, 0.3) is 10.0 Å². The third kappa shape index (κ3) is 2.28. The lowest BCUT2D eigenvalue weighted by Crippen LogP contribution is -2.16. The van der Waals surface area contributed by atoms with Crippen LogP contribution in [0.4, 0.5) is 0 Å². The quantitative estimate of drug-likeness (QED) is 0.697. The standard InChI is InChI=1S/C15H13BrN2O2S/c1-10-15(16)11(2)18(17-10)21(19,20)14-8-7-12-5-3-4-6-13(12)9-14/h3-9H,1-2H3. The van der Waals surface area contributed by atoms with E-state index in [0.717, 1.165) is 14.9 Å². The van der Waals surface area contributed by atoms with Crippen molar-refractivity contribution in [2.75, 3.05) is 0 Å². The summed E-state index contributed by atoms with van der Waals surface area (Å²) < 4.78 is 27.3. The average Bonchev–Trinajstić information content (AvgIpc) is 2.75. The lowest BCUT2D eigenvalue weighted by atomic mass is 10.1. The largest absolute Gasteiger partial charge is 0.283 e.